The summed E-state index contributed by atoms with van der Waals surface area (Å²) in [7, 11) is 0. The maximum atomic E-state index is 11.7. The van der Waals surface area contributed by atoms with E-state index in [1.54, 1.807) is 22.3 Å². The molecule has 2 aromatic heterocycles. The summed E-state index contributed by atoms with van der Waals surface area (Å²) in [5, 5.41) is 15.6. The van der Waals surface area contributed by atoms with Gasteiger partial charge in [0.2, 0.25) is 12.3 Å². The number of aryl methyl sites for hydroxylation is 2. The van der Waals surface area contributed by atoms with Crippen LogP contribution < -0.4 is 5.32 Å². The number of aliphatic hydroxyl groups excluding tert-OH is 1. The number of nitrogens with zero attached hydrogens (tertiary/aromatic N) is 3. The molecule has 1 unspecified atom stereocenters. The molecule has 0 aliphatic carbocycles. The molecule has 9 heteroatoms. The fourth-order valence-corrected chi connectivity index (χ4v) is 4.05. The number of aromatic nitrogens is 2. The van der Waals surface area contributed by atoms with Gasteiger partial charge in [-0.25, -0.2) is 4.98 Å². The predicted octanol–water partition coefficient (Wildman–Crippen LogP) is 5.95. The van der Waals surface area contributed by atoms with Crippen LogP contribution in [-0.4, -0.2) is 51.7 Å². The van der Waals surface area contributed by atoms with Crippen molar-refractivity contribution in [3.05, 3.63) is 58.6 Å². The van der Waals surface area contributed by atoms with Crippen LogP contribution in [0, 0.1) is 13.8 Å². The molecule has 1 aliphatic heterocycles. The van der Waals surface area contributed by atoms with Crippen LogP contribution in [0.1, 0.15) is 77.1 Å². The first-order valence-corrected chi connectivity index (χ1v) is 14.3. The summed E-state index contributed by atoms with van der Waals surface area (Å²) in [4.78, 5) is 28.9. The van der Waals surface area contributed by atoms with Gasteiger partial charge < -0.3 is 19.8 Å². The lowest BCUT2D eigenvalue weighted by Gasteiger charge is -2.13. The fourth-order valence-electron chi connectivity index (χ4n) is 3.24. The maximum absolute atomic E-state index is 11.7. The van der Waals surface area contributed by atoms with E-state index in [4.69, 9.17) is 4.52 Å². The van der Waals surface area contributed by atoms with E-state index in [9.17, 15) is 14.7 Å². The van der Waals surface area contributed by atoms with Gasteiger partial charge in [-0.15, -0.1) is 11.3 Å². The van der Waals surface area contributed by atoms with Crippen molar-refractivity contribution in [1.82, 2.24) is 20.4 Å². The molecule has 0 spiro atoms. The summed E-state index contributed by atoms with van der Waals surface area (Å²) in [5.74, 6) is 0.571. The van der Waals surface area contributed by atoms with E-state index in [1.807, 2.05) is 59.2 Å². The Morgan fingerprint density at radius 2 is 1.82 bits per heavy atom. The first-order valence-electron chi connectivity index (χ1n) is 13.4. The van der Waals surface area contributed by atoms with Gasteiger partial charge in [-0.3, -0.25) is 9.59 Å². The Balaban J connectivity index is 0.000000585. The van der Waals surface area contributed by atoms with Gasteiger partial charge in [0.15, 0.2) is 0 Å². The number of amides is 2. The Bertz CT molecular complexity index is 1020. The summed E-state index contributed by atoms with van der Waals surface area (Å²) in [6.45, 7) is 17.7. The number of nitrogens with one attached hydrogen (secondary N) is 1. The highest BCUT2D eigenvalue weighted by atomic mass is 32.1. The van der Waals surface area contributed by atoms with Gasteiger partial charge in [0, 0.05) is 25.7 Å². The van der Waals surface area contributed by atoms with Crippen molar-refractivity contribution in [2.45, 2.75) is 87.3 Å². The van der Waals surface area contributed by atoms with Gasteiger partial charge in [0.1, 0.15) is 5.76 Å². The number of carbonyl (C=O) groups is 2. The molecule has 2 N–H and O–H groups in total. The number of hydrogen-bond donors (Lipinski definition) is 2. The number of hydrogen-bond acceptors (Lipinski definition) is 7. The Morgan fingerprint density at radius 3 is 2.26 bits per heavy atom. The van der Waals surface area contributed by atoms with Gasteiger partial charge in [-0.1, -0.05) is 77.4 Å². The van der Waals surface area contributed by atoms with Crippen LogP contribution in [-0.2, 0) is 22.6 Å². The van der Waals surface area contributed by atoms with Crippen molar-refractivity contribution in [1.29, 1.82) is 0 Å². The second kappa shape index (κ2) is 21.0. The molecule has 0 saturated carbocycles. The minimum Gasteiger partial charge on any atom is -0.391 e. The van der Waals surface area contributed by atoms with Crippen LogP contribution in [0.5, 0.6) is 0 Å². The lowest BCUT2D eigenvalue weighted by atomic mass is 10.1. The van der Waals surface area contributed by atoms with E-state index in [0.29, 0.717) is 38.2 Å². The van der Waals surface area contributed by atoms with Gasteiger partial charge in [-0.05, 0) is 31.4 Å². The van der Waals surface area contributed by atoms with E-state index in [1.165, 1.54) is 16.9 Å². The predicted molar refractivity (Wildman–Crippen MR) is 156 cm³/mol. The number of thiazole rings is 1. The molecule has 4 rings (SSSR count). The molecule has 212 valence electrons. The van der Waals surface area contributed by atoms with Crippen LogP contribution in [0.4, 0.5) is 0 Å². The largest absolute Gasteiger partial charge is 0.391 e. The van der Waals surface area contributed by atoms with Crippen LogP contribution in [0.25, 0.3) is 10.4 Å². The minimum atomic E-state index is -0.370. The Hall–Kier alpha value is -3.04. The first kappa shape index (κ1) is 35.0. The Morgan fingerprint density at radius 1 is 1.18 bits per heavy atom. The molecule has 3 heterocycles. The number of carbonyl (C=O) groups excluding carboxylic acids is 2. The molecule has 1 fully saturated rings. The summed E-state index contributed by atoms with van der Waals surface area (Å²) in [6, 6.07) is 9.91. The van der Waals surface area contributed by atoms with Crippen LogP contribution in [0.15, 0.2) is 40.4 Å². The van der Waals surface area contributed by atoms with E-state index in [2.05, 4.69) is 41.4 Å². The van der Waals surface area contributed by atoms with Crippen molar-refractivity contribution in [3.63, 3.8) is 0 Å². The van der Waals surface area contributed by atoms with Gasteiger partial charge >= 0.3 is 0 Å². The average Bonchev–Trinajstić information content (AvgIpc) is 3.68. The number of β-amino-alcohol motifs (C(OH)–C–C–N with tert-alkyl or cyclic N) is 1. The molecule has 1 aromatic carbocycles. The topological polar surface area (TPSA) is 109 Å². The highest BCUT2D eigenvalue weighted by Gasteiger charge is 2.25. The lowest BCUT2D eigenvalue weighted by Crippen LogP contribution is -2.30. The molecule has 1 atom stereocenters. The molecule has 0 radical (unpaired) electrons. The average molecular weight is 547 g/mol. The zero-order chi connectivity index (χ0) is 28.9. The number of benzene rings is 1. The maximum Gasteiger partial charge on any atom is 0.230 e. The van der Waals surface area contributed by atoms with Crippen molar-refractivity contribution in [2.75, 3.05) is 13.1 Å². The lowest BCUT2D eigenvalue weighted by molar-refractivity contribution is -0.130. The summed E-state index contributed by atoms with van der Waals surface area (Å²) in [5.41, 5.74) is 5.96. The zero-order valence-corrected chi connectivity index (χ0v) is 25.1. The molecule has 3 aromatic rings. The number of rotatable bonds is 6. The van der Waals surface area contributed by atoms with Crippen molar-refractivity contribution >= 4 is 23.7 Å². The molecular formula is C29H46N4O4S. The first-order chi connectivity index (χ1) is 18.4. The van der Waals surface area contributed by atoms with Crippen molar-refractivity contribution < 1.29 is 19.2 Å². The van der Waals surface area contributed by atoms with E-state index < -0.39 is 0 Å². The third-order valence-corrected chi connectivity index (χ3v) is 5.85. The normalized spacial score (nSPS) is 13.3. The molecule has 1 aliphatic rings. The summed E-state index contributed by atoms with van der Waals surface area (Å²) < 4.78 is 4.96. The summed E-state index contributed by atoms with van der Waals surface area (Å²) >= 11 is 1.64. The molecule has 2 amide bonds. The number of aliphatic hydroxyl groups is 1. The Kier molecular flexibility index (Phi) is 19.3. The third kappa shape index (κ3) is 13.0. The quantitative estimate of drug-likeness (QED) is 0.370. The highest BCUT2D eigenvalue weighted by Crippen LogP contribution is 2.27. The highest BCUT2D eigenvalue weighted by molar-refractivity contribution is 7.13. The molecule has 8 nitrogen and oxygen atoms in total. The molecular weight excluding hydrogens is 500 g/mol. The fraction of sp³-hybridized carbons (Fsp3) is 0.517. The van der Waals surface area contributed by atoms with Crippen molar-refractivity contribution in [2.24, 2.45) is 0 Å². The Labute approximate surface area is 232 Å². The van der Waals surface area contributed by atoms with Crippen LogP contribution in [0.2, 0.25) is 0 Å². The van der Waals surface area contributed by atoms with E-state index in [-0.39, 0.29) is 18.4 Å². The van der Waals surface area contributed by atoms with Gasteiger partial charge in [0.25, 0.3) is 0 Å². The third-order valence-electron chi connectivity index (χ3n) is 4.87. The van der Waals surface area contributed by atoms with Gasteiger partial charge in [-0.2, -0.15) is 0 Å². The number of likely N-dealkylation sites (tertiary alicyclic amines) is 1. The second-order valence-corrected chi connectivity index (χ2v) is 8.92. The second-order valence-electron chi connectivity index (χ2n) is 8.06. The van der Waals surface area contributed by atoms with Crippen molar-refractivity contribution in [3.8, 4) is 10.4 Å². The minimum absolute atomic E-state index is 0.0114. The standard InChI is InChI=1S/C12H12N2OS.C10H14N2O3.C3H8.2C2H6/c1-9-12(16-8-14-9)11-4-2-10(3-5-11)6-13-7-15;1-7-4-9(15-11-7)5-10(14)12-3-2-8(13)6-12;1-3-2;2*1-2/h2-5,7-8H,6H2,1H3,(H,13,15);4,8,13H,2-3,5-6H2,1H3;3H2,1-2H3;2*1-2H3. The van der Waals surface area contributed by atoms with E-state index in [0.717, 1.165) is 17.0 Å². The molecule has 0 bridgehead atoms. The van der Waals surface area contributed by atoms with E-state index >= 15 is 0 Å². The van der Waals surface area contributed by atoms with Crippen LogP contribution in [0.3, 0.4) is 0 Å². The molecule has 1 saturated heterocycles. The van der Waals surface area contributed by atoms with Gasteiger partial charge in [0.05, 0.1) is 34.3 Å². The monoisotopic (exact) mass is 546 g/mol. The summed E-state index contributed by atoms with van der Waals surface area (Å²) in [6.07, 6.45) is 2.49. The SMILES string of the molecule is CC.CC.CCC.Cc1cc(CC(=O)N2CCC(O)C2)on1.Cc1ncsc1-c1ccc(CNC=O)cc1. The molecule has 38 heavy (non-hydrogen) atoms. The van der Waals surface area contributed by atoms with Crippen LogP contribution >= 0.6 is 11.3 Å². The zero-order valence-electron chi connectivity index (χ0n) is 24.3. The smallest absolute Gasteiger partial charge is 0.230 e.